The minimum atomic E-state index is -1.48. The Balaban J connectivity index is 2.99. The van der Waals surface area contributed by atoms with Crippen LogP contribution in [-0.4, -0.2) is 41.4 Å². The summed E-state index contributed by atoms with van der Waals surface area (Å²) in [6.45, 7) is 1.68. The van der Waals surface area contributed by atoms with E-state index in [1.807, 2.05) is 6.26 Å². The molecule has 1 unspecified atom stereocenters. The van der Waals surface area contributed by atoms with E-state index in [0.717, 1.165) is 4.90 Å². The van der Waals surface area contributed by atoms with Crippen molar-refractivity contribution in [1.82, 2.24) is 5.32 Å². The molecule has 22 heavy (non-hydrogen) atoms. The van der Waals surface area contributed by atoms with Gasteiger partial charge in [0.15, 0.2) is 16.7 Å². The van der Waals surface area contributed by atoms with Gasteiger partial charge in [0.1, 0.15) is 0 Å². The van der Waals surface area contributed by atoms with Crippen molar-refractivity contribution in [2.24, 2.45) is 0 Å². The number of Topliss-reactive ketones (excluding diaryl/α,β-unsaturated/α-hetero) is 1. The number of alkyl halides is 2. The molecule has 120 valence electrons. The van der Waals surface area contributed by atoms with Gasteiger partial charge < -0.3 is 10.1 Å². The number of ketones is 1. The van der Waals surface area contributed by atoms with Crippen molar-refractivity contribution in [2.75, 3.05) is 12.9 Å². The van der Waals surface area contributed by atoms with Crippen LogP contribution in [0.2, 0.25) is 0 Å². The highest BCUT2D eigenvalue weighted by atomic mass is 35.5. The van der Waals surface area contributed by atoms with Crippen LogP contribution in [0, 0.1) is 0 Å². The van der Waals surface area contributed by atoms with Gasteiger partial charge >= 0.3 is 5.97 Å². The van der Waals surface area contributed by atoms with E-state index in [1.54, 1.807) is 31.2 Å². The molecule has 0 spiro atoms. The molecule has 1 N–H and O–H groups in total. The molecular weight excluding hydrogens is 349 g/mol. The predicted molar refractivity (Wildman–Crippen MR) is 86.6 cm³/mol. The Labute approximate surface area is 142 Å². The molecule has 0 bridgehead atoms. The third-order valence-electron chi connectivity index (χ3n) is 2.64. The number of nitrogens with one attached hydrogen (secondary N) is 1. The SMILES string of the molecule is CCOC(=O)C(NC(=O)C(Cl)Cl)C(=O)c1ccc(SC)cc1. The highest BCUT2D eigenvalue weighted by molar-refractivity contribution is 7.98. The van der Waals surface area contributed by atoms with E-state index in [2.05, 4.69) is 5.32 Å². The fraction of sp³-hybridized carbons (Fsp3) is 0.357. The van der Waals surface area contributed by atoms with Gasteiger partial charge in [-0.25, -0.2) is 4.79 Å². The summed E-state index contributed by atoms with van der Waals surface area (Å²) in [5, 5.41) is 2.20. The number of hydrogen-bond donors (Lipinski definition) is 1. The summed E-state index contributed by atoms with van der Waals surface area (Å²) in [5.74, 6) is -2.28. The fourth-order valence-electron chi connectivity index (χ4n) is 1.58. The Morgan fingerprint density at radius 1 is 1.23 bits per heavy atom. The summed E-state index contributed by atoms with van der Waals surface area (Å²) in [4.78, 5) is 35.4. The standard InChI is InChI=1S/C14H15Cl2NO4S/c1-3-21-14(20)10(17-13(19)12(15)16)11(18)8-4-6-9(22-2)7-5-8/h4-7,10,12H,3H2,1-2H3,(H,17,19). The van der Waals surface area contributed by atoms with E-state index in [-0.39, 0.29) is 12.2 Å². The number of hydrogen-bond acceptors (Lipinski definition) is 5. The zero-order valence-corrected chi connectivity index (χ0v) is 14.3. The largest absolute Gasteiger partial charge is 0.464 e. The molecule has 0 aromatic heterocycles. The van der Waals surface area contributed by atoms with Gasteiger partial charge in [0, 0.05) is 10.5 Å². The highest BCUT2D eigenvalue weighted by Crippen LogP contribution is 2.16. The number of esters is 1. The lowest BCUT2D eigenvalue weighted by molar-refractivity contribution is -0.145. The minimum absolute atomic E-state index is 0.0784. The highest BCUT2D eigenvalue weighted by Gasteiger charge is 2.32. The average Bonchev–Trinajstić information content (AvgIpc) is 2.51. The monoisotopic (exact) mass is 363 g/mol. The third-order valence-corrected chi connectivity index (χ3v) is 3.78. The molecular formula is C14H15Cl2NO4S. The van der Waals surface area contributed by atoms with Crippen molar-refractivity contribution < 1.29 is 19.1 Å². The molecule has 5 nitrogen and oxygen atoms in total. The second-order valence-electron chi connectivity index (χ2n) is 4.09. The van der Waals surface area contributed by atoms with Gasteiger partial charge in [-0.05, 0) is 25.3 Å². The molecule has 0 fully saturated rings. The Hall–Kier alpha value is -1.24. The van der Waals surface area contributed by atoms with Crippen LogP contribution >= 0.6 is 35.0 Å². The summed E-state index contributed by atoms with van der Waals surface area (Å²) >= 11 is 12.4. The maximum atomic E-state index is 12.4. The van der Waals surface area contributed by atoms with Crippen molar-refractivity contribution in [1.29, 1.82) is 0 Å². The van der Waals surface area contributed by atoms with E-state index in [0.29, 0.717) is 0 Å². The minimum Gasteiger partial charge on any atom is -0.464 e. The molecule has 0 heterocycles. The number of rotatable bonds is 7. The number of thioether (sulfide) groups is 1. The second kappa shape index (κ2) is 9.02. The molecule has 0 aliphatic rings. The number of ether oxygens (including phenoxy) is 1. The lowest BCUT2D eigenvalue weighted by atomic mass is 10.0. The number of carbonyl (C=O) groups excluding carboxylic acids is 3. The van der Waals surface area contributed by atoms with Crippen LogP contribution in [0.3, 0.4) is 0 Å². The third kappa shape index (κ3) is 5.19. The van der Waals surface area contributed by atoms with Crippen molar-refractivity contribution in [3.63, 3.8) is 0 Å². The molecule has 0 saturated carbocycles. The van der Waals surface area contributed by atoms with Crippen LogP contribution in [0.15, 0.2) is 29.2 Å². The molecule has 8 heteroatoms. The zero-order valence-electron chi connectivity index (χ0n) is 12.0. The molecule has 0 aliphatic carbocycles. The lowest BCUT2D eigenvalue weighted by Gasteiger charge is -2.16. The molecule has 0 aliphatic heterocycles. The lowest BCUT2D eigenvalue weighted by Crippen LogP contribution is -2.49. The molecule has 1 aromatic carbocycles. The van der Waals surface area contributed by atoms with Crippen molar-refractivity contribution in [3.05, 3.63) is 29.8 Å². The van der Waals surface area contributed by atoms with E-state index in [4.69, 9.17) is 27.9 Å². The topological polar surface area (TPSA) is 72.5 Å². The van der Waals surface area contributed by atoms with Gasteiger partial charge in [-0.15, -0.1) is 11.8 Å². The van der Waals surface area contributed by atoms with Gasteiger partial charge in [0.2, 0.25) is 0 Å². The van der Waals surface area contributed by atoms with E-state index in [9.17, 15) is 14.4 Å². The first-order valence-electron chi connectivity index (χ1n) is 6.34. The number of carbonyl (C=O) groups is 3. The van der Waals surface area contributed by atoms with Gasteiger partial charge in [-0.1, -0.05) is 35.3 Å². The van der Waals surface area contributed by atoms with Crippen LogP contribution in [-0.2, 0) is 14.3 Å². The summed E-state index contributed by atoms with van der Waals surface area (Å²) in [7, 11) is 0. The molecule has 1 amide bonds. The average molecular weight is 364 g/mol. The van der Waals surface area contributed by atoms with E-state index < -0.39 is 28.5 Å². The smallest absolute Gasteiger partial charge is 0.336 e. The van der Waals surface area contributed by atoms with Crippen molar-refractivity contribution in [2.45, 2.75) is 22.7 Å². The summed E-state index contributed by atoms with van der Waals surface area (Å²) in [5.41, 5.74) is 0.275. The number of amides is 1. The predicted octanol–water partition coefficient (Wildman–Crippen LogP) is 2.44. The molecule has 0 radical (unpaired) electrons. The Morgan fingerprint density at radius 3 is 2.27 bits per heavy atom. The second-order valence-corrected chi connectivity index (χ2v) is 6.06. The first-order chi connectivity index (χ1) is 10.4. The summed E-state index contributed by atoms with van der Waals surface area (Å²) < 4.78 is 4.81. The van der Waals surface area contributed by atoms with E-state index in [1.165, 1.54) is 11.8 Å². The van der Waals surface area contributed by atoms with Crippen LogP contribution in [0.1, 0.15) is 17.3 Å². The Bertz CT molecular complexity index is 548. The first-order valence-corrected chi connectivity index (χ1v) is 8.43. The number of benzene rings is 1. The molecule has 1 rings (SSSR count). The maximum absolute atomic E-state index is 12.4. The Kier molecular flexibility index (Phi) is 7.72. The van der Waals surface area contributed by atoms with Crippen molar-refractivity contribution >= 4 is 52.6 Å². The van der Waals surface area contributed by atoms with Gasteiger partial charge in [0.25, 0.3) is 5.91 Å². The summed E-state index contributed by atoms with van der Waals surface area (Å²) in [6.07, 6.45) is 1.90. The quantitative estimate of drug-likeness (QED) is 0.265. The molecule has 0 saturated heterocycles. The maximum Gasteiger partial charge on any atom is 0.336 e. The number of halogens is 2. The molecule has 1 aromatic rings. The van der Waals surface area contributed by atoms with Gasteiger partial charge in [0.05, 0.1) is 6.61 Å². The fourth-order valence-corrected chi connectivity index (χ4v) is 2.12. The van der Waals surface area contributed by atoms with Crippen LogP contribution < -0.4 is 5.32 Å². The van der Waals surface area contributed by atoms with Crippen LogP contribution in [0.4, 0.5) is 0 Å². The van der Waals surface area contributed by atoms with E-state index >= 15 is 0 Å². The van der Waals surface area contributed by atoms with Crippen LogP contribution in [0.25, 0.3) is 0 Å². The first kappa shape index (κ1) is 18.8. The summed E-state index contributed by atoms with van der Waals surface area (Å²) in [6, 6.07) is 5.16. The normalized spacial score (nSPS) is 11.9. The van der Waals surface area contributed by atoms with Crippen molar-refractivity contribution in [3.8, 4) is 0 Å². The molecule has 1 atom stereocenters. The zero-order chi connectivity index (χ0) is 16.7. The van der Waals surface area contributed by atoms with Crippen LogP contribution in [0.5, 0.6) is 0 Å². The Morgan fingerprint density at radius 2 is 1.82 bits per heavy atom. The van der Waals surface area contributed by atoms with Gasteiger partial charge in [-0.2, -0.15) is 0 Å². The van der Waals surface area contributed by atoms with Gasteiger partial charge in [-0.3, -0.25) is 9.59 Å².